The average Bonchev–Trinajstić information content (AvgIpc) is 3.47. The summed E-state index contributed by atoms with van der Waals surface area (Å²) in [4.78, 5) is 0.116. The van der Waals surface area contributed by atoms with Gasteiger partial charge in [0.2, 0.25) is 11.0 Å². The second-order valence-electron chi connectivity index (χ2n) is 13.1. The van der Waals surface area contributed by atoms with Crippen LogP contribution in [0.5, 0.6) is 0 Å². The molecule has 0 spiro atoms. The molecule has 4 N–H and O–H groups in total. The van der Waals surface area contributed by atoms with Gasteiger partial charge >= 0.3 is 0 Å². The molecule has 2 aliphatic rings. The van der Waals surface area contributed by atoms with Crippen molar-refractivity contribution in [3.05, 3.63) is 124 Å². The lowest BCUT2D eigenvalue weighted by Gasteiger charge is -2.32. The van der Waals surface area contributed by atoms with Gasteiger partial charge in [-0.1, -0.05) is 35.9 Å². The van der Waals surface area contributed by atoms with Gasteiger partial charge in [-0.3, -0.25) is 18.2 Å². The largest absolute Gasteiger partial charge is 0.344 e. The molecule has 0 atom stereocenters. The Morgan fingerprint density at radius 3 is 1.48 bits per heavy atom. The van der Waals surface area contributed by atoms with Gasteiger partial charge in [-0.05, 0) is 90.2 Å². The van der Waals surface area contributed by atoms with E-state index >= 15 is 0 Å². The van der Waals surface area contributed by atoms with Crippen LogP contribution in [0, 0.1) is 0 Å². The Kier molecular flexibility index (Phi) is 9.67. The van der Waals surface area contributed by atoms with Crippen LogP contribution < -0.4 is 9.47 Å². The third-order valence-corrected chi connectivity index (χ3v) is 13.7. The van der Waals surface area contributed by atoms with E-state index in [0.29, 0.717) is 84.5 Å². The maximum absolute atomic E-state index is 12.1. The first-order chi connectivity index (χ1) is 26.0. The summed E-state index contributed by atoms with van der Waals surface area (Å²) in [5.74, 6) is 0. The van der Waals surface area contributed by atoms with Gasteiger partial charge < -0.3 is 4.90 Å². The zero-order chi connectivity index (χ0) is 40.7. The summed E-state index contributed by atoms with van der Waals surface area (Å²) in [6.45, 7) is 0. The van der Waals surface area contributed by atoms with E-state index in [2.05, 4.69) is 0 Å². The van der Waals surface area contributed by atoms with Gasteiger partial charge in [-0.15, -0.1) is 0 Å². The van der Waals surface area contributed by atoms with Gasteiger partial charge in [0.05, 0.1) is 30.4 Å². The number of anilines is 2. The lowest BCUT2D eigenvalue weighted by molar-refractivity contribution is -0.617. The molecular weight excluding hydrogens is 828 g/mol. The third kappa shape index (κ3) is 7.19. The van der Waals surface area contributed by atoms with Crippen LogP contribution in [0.25, 0.3) is 33.5 Å². The van der Waals surface area contributed by atoms with Crippen LogP contribution in [0.2, 0.25) is 0 Å². The van der Waals surface area contributed by atoms with Crippen LogP contribution in [-0.4, -0.2) is 58.9 Å². The molecule has 0 amide bonds. The smallest absolute Gasteiger partial charge is 0.294 e. The highest BCUT2D eigenvalue weighted by Gasteiger charge is 2.28. The van der Waals surface area contributed by atoms with Crippen LogP contribution in [0.15, 0.2) is 127 Å². The van der Waals surface area contributed by atoms with E-state index in [-0.39, 0.29) is 0 Å². The number of hydrogen-bond acceptors (Lipinski definition) is 9. The molecular formula is C37H30ClN2O12S4+. The molecule has 5 aromatic rings. The number of hydrogen-bond donors (Lipinski definition) is 4. The van der Waals surface area contributed by atoms with Crippen molar-refractivity contribution in [2.75, 3.05) is 11.9 Å². The van der Waals surface area contributed by atoms with Crippen molar-refractivity contribution in [3.63, 3.8) is 0 Å². The van der Waals surface area contributed by atoms with Crippen LogP contribution in [0.4, 0.5) is 11.4 Å². The molecule has 0 fully saturated rings. The maximum atomic E-state index is 12.1. The number of halogens is 1. The van der Waals surface area contributed by atoms with Crippen molar-refractivity contribution in [2.45, 2.75) is 32.4 Å². The number of pyridine rings is 1. The lowest BCUT2D eigenvalue weighted by Crippen LogP contribution is -2.30. The summed E-state index contributed by atoms with van der Waals surface area (Å²) in [5.41, 5.74) is 4.82. The summed E-state index contributed by atoms with van der Waals surface area (Å²) in [6, 6.07) is 16.0. The standard InChI is InChI=1S/C37H29ClN2O12S4/c1-39-33-13-7-23(53(41,42)43)17-29(33)27(30-18-24(54(44,45)46)8-14-34(30)39)11-5-21-3-4-22(37(21)38)6-12-28-31-19-25(55(47,48)49)9-15-35(31)40(2)36-16-10-26(20-32(28)36)56(50,51)52/h5-20H,3-4H2,1-2H3,(H3-,41,42,43,44,45,46,47,48,49,50,51,52)/p+1. The molecule has 0 radical (unpaired) electrons. The van der Waals surface area contributed by atoms with Gasteiger partial charge in [-0.2, -0.15) is 38.2 Å². The summed E-state index contributed by atoms with van der Waals surface area (Å²) in [7, 11) is -15.1. The first kappa shape index (κ1) is 39.5. The molecule has 1 aromatic heterocycles. The van der Waals surface area contributed by atoms with E-state index in [1.165, 1.54) is 72.8 Å². The second kappa shape index (κ2) is 13.7. The minimum atomic E-state index is -4.63. The number of rotatable bonds is 7. The Balaban J connectivity index is 1.39. The molecule has 0 bridgehead atoms. The zero-order valence-corrected chi connectivity index (χ0v) is 33.1. The van der Waals surface area contributed by atoms with E-state index in [1.54, 1.807) is 47.9 Å². The van der Waals surface area contributed by atoms with E-state index in [4.69, 9.17) is 11.6 Å². The first-order valence-corrected chi connectivity index (χ1v) is 22.5. The predicted molar refractivity (Wildman–Crippen MR) is 209 cm³/mol. The fourth-order valence-electron chi connectivity index (χ4n) is 7.02. The summed E-state index contributed by atoms with van der Waals surface area (Å²) in [5, 5.41) is 1.00. The summed E-state index contributed by atoms with van der Waals surface area (Å²) in [6.07, 6.45) is 7.46. The molecule has 1 aliphatic carbocycles. The number of fused-ring (bicyclic) bond motifs is 4. The molecule has 56 heavy (non-hydrogen) atoms. The second-order valence-corrected chi connectivity index (χ2v) is 19.2. The Bertz CT molecular complexity index is 2990. The van der Waals surface area contributed by atoms with E-state index in [9.17, 15) is 51.9 Å². The molecule has 0 unspecified atom stereocenters. The van der Waals surface area contributed by atoms with E-state index < -0.39 is 60.1 Å². The Morgan fingerprint density at radius 1 is 0.607 bits per heavy atom. The summed E-state index contributed by atoms with van der Waals surface area (Å²) >= 11 is 6.92. The number of allylic oxidation sites excluding steroid dienone is 6. The fourth-order valence-corrected chi connectivity index (χ4v) is 9.36. The molecule has 4 aromatic carbocycles. The van der Waals surface area contributed by atoms with Crippen LogP contribution in [-0.2, 0) is 47.5 Å². The highest BCUT2D eigenvalue weighted by Crippen LogP contribution is 2.46. The number of aryl methyl sites for hydroxylation is 1. The van der Waals surface area contributed by atoms with E-state index in [0.717, 1.165) is 0 Å². The molecule has 1 aliphatic heterocycles. The lowest BCUT2D eigenvalue weighted by atomic mass is 9.90. The number of nitrogens with zero attached hydrogens (tertiary/aromatic N) is 2. The summed E-state index contributed by atoms with van der Waals surface area (Å²) < 4.78 is 138. The molecule has 0 saturated heterocycles. The van der Waals surface area contributed by atoms with Crippen molar-refractivity contribution < 1.29 is 56.4 Å². The Hall–Kier alpha value is -4.76. The van der Waals surface area contributed by atoms with Gasteiger partial charge in [0, 0.05) is 52.3 Å². The molecule has 2 heterocycles. The third-order valence-electron chi connectivity index (χ3n) is 9.80. The van der Waals surface area contributed by atoms with Crippen molar-refractivity contribution in [1.29, 1.82) is 0 Å². The van der Waals surface area contributed by atoms with Gasteiger partial charge in [-0.25, -0.2) is 0 Å². The van der Waals surface area contributed by atoms with Gasteiger partial charge in [0.15, 0.2) is 0 Å². The van der Waals surface area contributed by atoms with Crippen LogP contribution in [0.3, 0.4) is 0 Å². The predicted octanol–water partition coefficient (Wildman–Crippen LogP) is 6.24. The molecule has 0 saturated carbocycles. The van der Waals surface area contributed by atoms with Crippen molar-refractivity contribution in [2.24, 2.45) is 7.05 Å². The number of aromatic nitrogens is 1. The SMILES string of the molecule is CN1c2ccc(S(=O)(=O)O)cc2C(=C/C=C2\CCC(/C=C/c3c4cc(S(=O)(=O)O)ccc4[n+](C)c4ccc(S(=O)(=O)O)cc34)=C2Cl)c2cc(S(=O)(=O)O)ccc21. The van der Waals surface area contributed by atoms with Gasteiger partial charge in [0.1, 0.15) is 7.05 Å². The molecule has 290 valence electrons. The first-order valence-electron chi connectivity index (χ1n) is 16.3. The highest BCUT2D eigenvalue weighted by molar-refractivity contribution is 7.86. The topological polar surface area (TPSA) is 225 Å². The molecule has 7 rings (SSSR count). The maximum Gasteiger partial charge on any atom is 0.294 e. The van der Waals surface area contributed by atoms with E-state index in [1.807, 2.05) is 0 Å². The monoisotopic (exact) mass is 857 g/mol. The van der Waals surface area contributed by atoms with Crippen LogP contribution in [0.1, 0.15) is 29.5 Å². The quantitative estimate of drug-likeness (QED) is 0.0809. The van der Waals surface area contributed by atoms with Gasteiger partial charge in [0.25, 0.3) is 40.5 Å². The minimum absolute atomic E-state index is 0.331. The normalized spacial score (nSPS) is 16.0. The van der Waals surface area contributed by atoms with Crippen molar-refractivity contribution >= 4 is 96.9 Å². The zero-order valence-electron chi connectivity index (χ0n) is 29.1. The van der Waals surface area contributed by atoms with Crippen molar-refractivity contribution in [1.82, 2.24) is 0 Å². The highest BCUT2D eigenvalue weighted by atomic mass is 35.5. The van der Waals surface area contributed by atoms with Crippen LogP contribution >= 0.6 is 11.6 Å². The molecule has 14 nitrogen and oxygen atoms in total. The molecule has 19 heteroatoms. The van der Waals surface area contributed by atoms with Crippen molar-refractivity contribution in [3.8, 4) is 0 Å². The average molecular weight is 858 g/mol. The Labute approximate surface area is 327 Å². The fraction of sp³-hybridized carbons (Fsp3) is 0.108. The number of benzene rings is 4. The minimum Gasteiger partial charge on any atom is -0.344 e. The Morgan fingerprint density at radius 2 is 1.04 bits per heavy atom.